The van der Waals surface area contributed by atoms with Crippen molar-refractivity contribution in [1.82, 2.24) is 9.88 Å². The molecule has 4 nitrogen and oxygen atoms in total. The lowest BCUT2D eigenvalue weighted by molar-refractivity contribution is 0.0976. The minimum absolute atomic E-state index is 0.250. The van der Waals surface area contributed by atoms with Gasteiger partial charge in [-0.3, -0.25) is 4.79 Å². The fraction of sp³-hybridized carbons (Fsp3) is 0.400. The third-order valence-corrected chi connectivity index (χ3v) is 5.69. The lowest BCUT2D eigenvalue weighted by atomic mass is 10.0. The Kier molecular flexibility index (Phi) is 4.44. The molecule has 0 unspecified atom stereocenters. The van der Waals surface area contributed by atoms with Crippen LogP contribution in [-0.2, 0) is 0 Å². The minimum atomic E-state index is 0.250. The van der Waals surface area contributed by atoms with Crippen LogP contribution >= 0.6 is 11.3 Å². The van der Waals surface area contributed by atoms with Crippen LogP contribution in [0.15, 0.2) is 29.6 Å². The summed E-state index contributed by atoms with van der Waals surface area (Å²) in [4.78, 5) is 19.4. The summed E-state index contributed by atoms with van der Waals surface area (Å²) < 4.78 is 1.23. The number of aromatic nitrogens is 1. The summed E-state index contributed by atoms with van der Waals surface area (Å²) in [5.41, 5.74) is 1.70. The second-order valence-corrected chi connectivity index (χ2v) is 8.07. The number of pyridine rings is 1. The number of benzene rings is 1. The van der Waals surface area contributed by atoms with Crippen molar-refractivity contribution in [2.24, 2.45) is 5.92 Å². The molecule has 5 heteroatoms. The summed E-state index contributed by atoms with van der Waals surface area (Å²) >= 11 is 1.73. The molecular formula is C20H23N3OS. The molecule has 1 saturated carbocycles. The Morgan fingerprint density at radius 2 is 2.12 bits per heavy atom. The van der Waals surface area contributed by atoms with Crippen LogP contribution in [0.4, 0.5) is 5.82 Å². The summed E-state index contributed by atoms with van der Waals surface area (Å²) in [6.07, 6.45) is 3.08. The maximum atomic E-state index is 12.4. The predicted molar refractivity (Wildman–Crippen MR) is 106 cm³/mol. The zero-order valence-electron chi connectivity index (χ0n) is 14.7. The number of carbonyl (C=O) groups excluding carboxylic acids is 1. The van der Waals surface area contributed by atoms with E-state index in [1.54, 1.807) is 11.3 Å². The number of nitrogens with zero attached hydrogens (tertiary/aromatic N) is 2. The van der Waals surface area contributed by atoms with Crippen molar-refractivity contribution >= 4 is 43.9 Å². The lowest BCUT2D eigenvalue weighted by Crippen LogP contribution is -2.21. The number of thiophene rings is 1. The van der Waals surface area contributed by atoms with Gasteiger partial charge < -0.3 is 10.2 Å². The van der Waals surface area contributed by atoms with E-state index in [2.05, 4.69) is 41.8 Å². The number of carbonyl (C=O) groups is 1. The van der Waals surface area contributed by atoms with E-state index in [1.165, 1.54) is 17.5 Å². The molecule has 1 aliphatic rings. The van der Waals surface area contributed by atoms with Crippen LogP contribution in [0.5, 0.6) is 0 Å². The highest BCUT2D eigenvalue weighted by Crippen LogP contribution is 2.36. The molecule has 0 amide bonds. The molecule has 0 spiro atoms. The summed E-state index contributed by atoms with van der Waals surface area (Å²) in [6, 6.07) is 8.12. The molecule has 2 aromatic heterocycles. The molecule has 0 atom stereocenters. The number of hydrogen-bond acceptors (Lipinski definition) is 5. The van der Waals surface area contributed by atoms with Gasteiger partial charge in [0.1, 0.15) is 5.82 Å². The summed E-state index contributed by atoms with van der Waals surface area (Å²) in [6.45, 7) is 1.79. The molecule has 1 fully saturated rings. The monoisotopic (exact) mass is 353 g/mol. The van der Waals surface area contributed by atoms with E-state index in [1.807, 2.05) is 12.1 Å². The highest BCUT2D eigenvalue weighted by molar-refractivity contribution is 7.18. The van der Waals surface area contributed by atoms with Crippen molar-refractivity contribution < 1.29 is 4.79 Å². The Labute approximate surface area is 151 Å². The molecule has 130 valence electrons. The van der Waals surface area contributed by atoms with Crippen LogP contribution < -0.4 is 5.32 Å². The Balaban J connectivity index is 1.70. The first-order valence-corrected chi connectivity index (χ1v) is 9.72. The summed E-state index contributed by atoms with van der Waals surface area (Å²) in [5.74, 6) is 1.77. The normalized spacial score (nSPS) is 14.5. The SMILES string of the molecule is CN(C)CCNc1nc2cc(C(=O)CC3CC3)ccc2c2sccc12. The molecule has 0 bridgehead atoms. The number of rotatable bonds is 7. The quantitative estimate of drug-likeness (QED) is 0.639. The van der Waals surface area contributed by atoms with E-state index in [0.29, 0.717) is 12.3 Å². The third kappa shape index (κ3) is 3.53. The maximum absolute atomic E-state index is 12.4. The Morgan fingerprint density at radius 1 is 1.28 bits per heavy atom. The molecular weight excluding hydrogens is 330 g/mol. The van der Waals surface area contributed by atoms with Gasteiger partial charge in [-0.05, 0) is 50.4 Å². The number of anilines is 1. The summed E-state index contributed by atoms with van der Waals surface area (Å²) in [5, 5.41) is 7.85. The van der Waals surface area contributed by atoms with Crippen molar-refractivity contribution in [1.29, 1.82) is 0 Å². The minimum Gasteiger partial charge on any atom is -0.368 e. The standard InChI is InChI=1S/C20H23N3OS/c1-23(2)9-8-21-20-16-7-10-25-19(16)15-6-5-14(12-17(15)22-20)18(24)11-13-3-4-13/h5-7,10,12-13H,3-4,8-9,11H2,1-2H3,(H,21,22). The first kappa shape index (κ1) is 16.5. The first-order valence-electron chi connectivity index (χ1n) is 8.84. The van der Waals surface area contributed by atoms with Crippen LogP contribution in [0, 0.1) is 5.92 Å². The molecule has 3 aromatic rings. The van der Waals surface area contributed by atoms with Gasteiger partial charge >= 0.3 is 0 Å². The lowest BCUT2D eigenvalue weighted by Gasteiger charge is -2.13. The molecule has 1 aliphatic carbocycles. The number of likely N-dealkylation sites (N-methyl/N-ethyl adjacent to an activating group) is 1. The number of ketones is 1. The Hall–Kier alpha value is -1.98. The zero-order valence-corrected chi connectivity index (χ0v) is 15.5. The molecule has 4 rings (SSSR count). The molecule has 0 radical (unpaired) electrons. The van der Waals surface area contributed by atoms with Gasteiger partial charge in [0, 0.05) is 40.5 Å². The second-order valence-electron chi connectivity index (χ2n) is 7.16. The second kappa shape index (κ2) is 6.73. The van der Waals surface area contributed by atoms with Gasteiger partial charge in [-0.2, -0.15) is 0 Å². The third-order valence-electron chi connectivity index (χ3n) is 4.74. The van der Waals surface area contributed by atoms with Gasteiger partial charge in [0.05, 0.1) is 5.52 Å². The van der Waals surface area contributed by atoms with E-state index < -0.39 is 0 Å². The van der Waals surface area contributed by atoms with Crippen molar-refractivity contribution in [2.75, 3.05) is 32.5 Å². The van der Waals surface area contributed by atoms with Crippen LogP contribution in [0.1, 0.15) is 29.6 Å². The van der Waals surface area contributed by atoms with E-state index in [-0.39, 0.29) is 5.78 Å². The van der Waals surface area contributed by atoms with Gasteiger partial charge in [-0.1, -0.05) is 12.1 Å². The average molecular weight is 353 g/mol. The first-order chi connectivity index (χ1) is 12.1. The van der Waals surface area contributed by atoms with Crippen LogP contribution in [0.3, 0.4) is 0 Å². The van der Waals surface area contributed by atoms with Crippen LogP contribution in [0.2, 0.25) is 0 Å². The molecule has 1 N–H and O–H groups in total. The fourth-order valence-corrected chi connectivity index (χ4v) is 4.04. The van der Waals surface area contributed by atoms with Crippen molar-refractivity contribution in [2.45, 2.75) is 19.3 Å². The molecule has 0 aliphatic heterocycles. The van der Waals surface area contributed by atoms with E-state index in [9.17, 15) is 4.79 Å². The highest BCUT2D eigenvalue weighted by atomic mass is 32.1. The number of nitrogens with one attached hydrogen (secondary N) is 1. The number of fused-ring (bicyclic) bond motifs is 3. The van der Waals surface area contributed by atoms with Crippen molar-refractivity contribution in [3.63, 3.8) is 0 Å². The van der Waals surface area contributed by atoms with Gasteiger partial charge in [-0.15, -0.1) is 11.3 Å². The Morgan fingerprint density at radius 3 is 2.88 bits per heavy atom. The fourth-order valence-electron chi connectivity index (χ4n) is 3.11. The Bertz CT molecular complexity index is 927. The highest BCUT2D eigenvalue weighted by Gasteiger charge is 2.25. The van der Waals surface area contributed by atoms with Gasteiger partial charge in [0.15, 0.2) is 5.78 Å². The average Bonchev–Trinajstić information content (AvgIpc) is 3.25. The van der Waals surface area contributed by atoms with Crippen molar-refractivity contribution in [3.8, 4) is 0 Å². The smallest absolute Gasteiger partial charge is 0.163 e. The maximum Gasteiger partial charge on any atom is 0.163 e. The van der Waals surface area contributed by atoms with E-state index >= 15 is 0 Å². The summed E-state index contributed by atoms with van der Waals surface area (Å²) in [7, 11) is 4.13. The van der Waals surface area contributed by atoms with Crippen molar-refractivity contribution in [3.05, 3.63) is 35.2 Å². The largest absolute Gasteiger partial charge is 0.368 e. The van der Waals surface area contributed by atoms with E-state index in [0.717, 1.165) is 40.8 Å². The molecule has 2 heterocycles. The number of hydrogen-bond donors (Lipinski definition) is 1. The van der Waals surface area contributed by atoms with Crippen LogP contribution in [-0.4, -0.2) is 42.9 Å². The predicted octanol–water partition coefficient (Wildman–Crippen LogP) is 4.41. The number of Topliss-reactive ketones (excluding diaryl/α,β-unsaturated/α-hetero) is 1. The molecule has 1 aromatic carbocycles. The van der Waals surface area contributed by atoms with Gasteiger partial charge in [0.2, 0.25) is 0 Å². The van der Waals surface area contributed by atoms with E-state index in [4.69, 9.17) is 4.98 Å². The molecule has 0 saturated heterocycles. The van der Waals surface area contributed by atoms with Gasteiger partial charge in [0.25, 0.3) is 0 Å². The zero-order chi connectivity index (χ0) is 17.4. The van der Waals surface area contributed by atoms with Crippen LogP contribution in [0.25, 0.3) is 21.0 Å². The molecule has 25 heavy (non-hydrogen) atoms. The van der Waals surface area contributed by atoms with Gasteiger partial charge in [-0.25, -0.2) is 4.98 Å². The topological polar surface area (TPSA) is 45.2 Å².